The Balaban J connectivity index is 1.70. The lowest BCUT2D eigenvalue weighted by Crippen LogP contribution is -2.30. The number of carbonyl (C=O) groups is 1. The van der Waals surface area contributed by atoms with E-state index in [1.165, 1.54) is 11.5 Å². The molecule has 3 heterocycles. The Morgan fingerprint density at radius 2 is 2.36 bits per heavy atom. The molecule has 1 fully saturated rings. The highest BCUT2D eigenvalue weighted by Crippen LogP contribution is 2.37. The Bertz CT molecular complexity index is 665. The van der Waals surface area contributed by atoms with Gasteiger partial charge in [0.15, 0.2) is 0 Å². The van der Waals surface area contributed by atoms with Crippen LogP contribution in [-0.4, -0.2) is 33.2 Å². The van der Waals surface area contributed by atoms with Crippen LogP contribution in [0.3, 0.4) is 0 Å². The third-order valence-electron chi connectivity index (χ3n) is 4.26. The van der Waals surface area contributed by atoms with Gasteiger partial charge in [-0.25, -0.2) is 0 Å². The van der Waals surface area contributed by atoms with Crippen molar-refractivity contribution in [2.45, 2.75) is 26.4 Å². The van der Waals surface area contributed by atoms with Crippen molar-refractivity contribution >= 4 is 17.4 Å². The van der Waals surface area contributed by atoms with E-state index in [0.29, 0.717) is 12.2 Å². The predicted molar refractivity (Wildman–Crippen MR) is 83.9 cm³/mol. The van der Waals surface area contributed by atoms with Crippen molar-refractivity contribution in [3.8, 4) is 0 Å². The lowest BCUT2D eigenvalue weighted by atomic mass is 9.94. The van der Waals surface area contributed by atoms with Crippen LogP contribution in [-0.2, 0) is 11.8 Å². The van der Waals surface area contributed by atoms with Crippen LogP contribution >= 0.6 is 11.5 Å². The molecule has 0 aliphatic carbocycles. The first kappa shape index (κ1) is 15.2. The number of carbonyl (C=O) groups excluding carboxylic acids is 1. The number of aryl methyl sites for hydroxylation is 2. The van der Waals surface area contributed by atoms with Crippen LogP contribution in [0.1, 0.15) is 40.0 Å². The van der Waals surface area contributed by atoms with Crippen molar-refractivity contribution in [1.82, 2.24) is 19.5 Å². The van der Waals surface area contributed by atoms with Gasteiger partial charge in [0.25, 0.3) is 5.91 Å². The van der Waals surface area contributed by atoms with Crippen molar-refractivity contribution in [3.05, 3.63) is 34.1 Å². The second-order valence-corrected chi connectivity index (χ2v) is 6.31. The molecule has 2 atom stereocenters. The first-order chi connectivity index (χ1) is 10.6. The molecular formula is C15H20N4O2S. The van der Waals surface area contributed by atoms with Gasteiger partial charge in [0.2, 0.25) is 0 Å². The van der Waals surface area contributed by atoms with Crippen molar-refractivity contribution in [2.75, 3.05) is 13.2 Å². The van der Waals surface area contributed by atoms with E-state index in [-0.39, 0.29) is 17.9 Å². The maximum absolute atomic E-state index is 12.0. The number of ether oxygens (including phenoxy) is 1. The average molecular weight is 320 g/mol. The van der Waals surface area contributed by atoms with E-state index in [9.17, 15) is 4.79 Å². The van der Waals surface area contributed by atoms with Gasteiger partial charge in [-0.2, -0.15) is 9.47 Å². The number of hydrogen-bond donors (Lipinski definition) is 1. The molecule has 0 radical (unpaired) electrons. The van der Waals surface area contributed by atoms with Gasteiger partial charge in [0, 0.05) is 42.8 Å². The molecule has 1 amide bonds. The molecule has 118 valence electrons. The number of nitrogens with one attached hydrogen (secondary N) is 1. The smallest absolute Gasteiger partial charge is 0.270 e. The second-order valence-electron chi connectivity index (χ2n) is 5.64. The van der Waals surface area contributed by atoms with Crippen molar-refractivity contribution in [2.24, 2.45) is 13.0 Å². The maximum Gasteiger partial charge on any atom is 0.270 e. The standard InChI is InChI=1S/C15H20N4O2S/c1-9-13(10(2)19(3)17-9)14-11(4-6-21-14)8-16-15(20)12-5-7-22-18-12/h5,7,11,14H,4,6,8H2,1-3H3,(H,16,20)/t11-,14+/m0/s1. The molecule has 0 saturated carbocycles. The molecule has 0 spiro atoms. The molecule has 1 saturated heterocycles. The molecule has 0 bridgehead atoms. The maximum atomic E-state index is 12.0. The normalized spacial score (nSPS) is 21.2. The lowest BCUT2D eigenvalue weighted by Gasteiger charge is -2.19. The summed E-state index contributed by atoms with van der Waals surface area (Å²) in [6.45, 7) is 5.38. The Kier molecular flexibility index (Phi) is 4.26. The SMILES string of the molecule is Cc1nn(C)c(C)c1[C@@H]1OCC[C@H]1CNC(=O)c1ccsn1. The average Bonchev–Trinajstić information content (AvgIpc) is 3.20. The van der Waals surface area contributed by atoms with Crippen LogP contribution in [0.2, 0.25) is 0 Å². The predicted octanol–water partition coefficient (Wildman–Crippen LogP) is 2.00. The van der Waals surface area contributed by atoms with E-state index >= 15 is 0 Å². The highest BCUT2D eigenvalue weighted by molar-refractivity contribution is 7.03. The van der Waals surface area contributed by atoms with Gasteiger partial charge >= 0.3 is 0 Å². The van der Waals surface area contributed by atoms with E-state index in [1.807, 2.05) is 18.7 Å². The van der Waals surface area contributed by atoms with Crippen molar-refractivity contribution < 1.29 is 9.53 Å². The minimum absolute atomic E-state index is 0.00411. The van der Waals surface area contributed by atoms with E-state index in [1.54, 1.807) is 11.4 Å². The minimum Gasteiger partial charge on any atom is -0.373 e. The molecule has 1 aliphatic rings. The highest BCUT2D eigenvalue weighted by atomic mass is 32.1. The molecule has 2 aromatic heterocycles. The van der Waals surface area contributed by atoms with E-state index in [2.05, 4.69) is 21.7 Å². The Morgan fingerprint density at radius 3 is 3.00 bits per heavy atom. The van der Waals surface area contributed by atoms with Gasteiger partial charge in [-0.1, -0.05) is 0 Å². The molecule has 2 aromatic rings. The summed E-state index contributed by atoms with van der Waals surface area (Å²) in [6, 6.07) is 1.73. The summed E-state index contributed by atoms with van der Waals surface area (Å²) in [6.07, 6.45) is 0.944. The first-order valence-corrected chi connectivity index (χ1v) is 8.22. The quantitative estimate of drug-likeness (QED) is 0.935. The molecule has 1 aliphatic heterocycles. The summed E-state index contributed by atoms with van der Waals surface area (Å²) in [5.74, 6) is 0.149. The van der Waals surface area contributed by atoms with E-state index < -0.39 is 0 Å². The first-order valence-electron chi connectivity index (χ1n) is 7.38. The van der Waals surface area contributed by atoms with Gasteiger partial charge in [0.05, 0.1) is 11.8 Å². The fraction of sp³-hybridized carbons (Fsp3) is 0.533. The third kappa shape index (κ3) is 2.78. The van der Waals surface area contributed by atoms with E-state index in [4.69, 9.17) is 4.74 Å². The molecule has 7 heteroatoms. The Hall–Kier alpha value is -1.73. The van der Waals surface area contributed by atoms with Crippen LogP contribution in [0.5, 0.6) is 0 Å². The molecular weight excluding hydrogens is 300 g/mol. The van der Waals surface area contributed by atoms with E-state index in [0.717, 1.165) is 30.0 Å². The largest absolute Gasteiger partial charge is 0.373 e. The topological polar surface area (TPSA) is 69.0 Å². The Morgan fingerprint density at radius 1 is 1.55 bits per heavy atom. The molecule has 0 unspecified atom stereocenters. The number of amides is 1. The zero-order valence-corrected chi connectivity index (χ0v) is 13.8. The number of hydrogen-bond acceptors (Lipinski definition) is 5. The Labute approximate surface area is 133 Å². The summed E-state index contributed by atoms with van der Waals surface area (Å²) in [5, 5.41) is 9.24. The van der Waals surface area contributed by atoms with Crippen LogP contribution < -0.4 is 5.32 Å². The zero-order chi connectivity index (χ0) is 15.7. The summed E-state index contributed by atoms with van der Waals surface area (Å²) in [4.78, 5) is 12.0. The molecule has 3 rings (SSSR count). The fourth-order valence-corrected chi connectivity index (χ4v) is 3.52. The van der Waals surface area contributed by atoms with Gasteiger partial charge in [0.1, 0.15) is 5.69 Å². The van der Waals surface area contributed by atoms with Crippen LogP contribution in [0.25, 0.3) is 0 Å². The molecule has 0 aromatic carbocycles. The number of aromatic nitrogens is 3. The summed E-state index contributed by atoms with van der Waals surface area (Å²) in [7, 11) is 1.94. The van der Waals surface area contributed by atoms with Crippen LogP contribution in [0.15, 0.2) is 11.4 Å². The zero-order valence-electron chi connectivity index (χ0n) is 13.0. The fourth-order valence-electron chi connectivity index (χ4n) is 3.01. The summed E-state index contributed by atoms with van der Waals surface area (Å²) in [5.41, 5.74) is 3.77. The van der Waals surface area contributed by atoms with Crippen molar-refractivity contribution in [1.29, 1.82) is 0 Å². The lowest BCUT2D eigenvalue weighted by molar-refractivity contribution is 0.0838. The van der Waals surface area contributed by atoms with Gasteiger partial charge < -0.3 is 10.1 Å². The summed E-state index contributed by atoms with van der Waals surface area (Å²) < 4.78 is 11.9. The molecule has 22 heavy (non-hydrogen) atoms. The molecule has 6 nitrogen and oxygen atoms in total. The van der Waals surface area contributed by atoms with Crippen LogP contribution in [0.4, 0.5) is 0 Å². The third-order valence-corrected chi connectivity index (χ3v) is 4.82. The van der Waals surface area contributed by atoms with Gasteiger partial charge in [-0.05, 0) is 37.9 Å². The van der Waals surface area contributed by atoms with Crippen LogP contribution in [0, 0.1) is 19.8 Å². The number of rotatable bonds is 4. The summed E-state index contributed by atoms with van der Waals surface area (Å²) >= 11 is 1.28. The van der Waals surface area contributed by atoms with Gasteiger partial charge in [-0.15, -0.1) is 0 Å². The second kappa shape index (κ2) is 6.18. The molecule has 1 N–H and O–H groups in total. The monoisotopic (exact) mass is 320 g/mol. The number of nitrogens with zero attached hydrogens (tertiary/aromatic N) is 3. The highest BCUT2D eigenvalue weighted by Gasteiger charge is 2.33. The minimum atomic E-state index is -0.119. The van der Waals surface area contributed by atoms with Crippen molar-refractivity contribution in [3.63, 3.8) is 0 Å². The van der Waals surface area contributed by atoms with Gasteiger partial charge in [-0.3, -0.25) is 9.48 Å².